The van der Waals surface area contributed by atoms with Crippen LogP contribution in [0.25, 0.3) is 0 Å². The topological polar surface area (TPSA) is 50.8 Å². The molecular formula is C19H26BrClN2O3. The van der Waals surface area contributed by atoms with E-state index in [2.05, 4.69) is 26.1 Å². The lowest BCUT2D eigenvalue weighted by molar-refractivity contribution is -0.124. The molecule has 26 heavy (non-hydrogen) atoms. The summed E-state index contributed by atoms with van der Waals surface area (Å²) in [5, 5.41) is 3.58. The van der Waals surface area contributed by atoms with E-state index in [1.54, 1.807) is 12.1 Å². The Balaban J connectivity index is 1.53. The highest BCUT2D eigenvalue weighted by Gasteiger charge is 2.38. The van der Waals surface area contributed by atoms with Crippen LogP contribution < -0.4 is 10.1 Å². The van der Waals surface area contributed by atoms with E-state index in [0.717, 1.165) is 43.6 Å². The number of hydrogen-bond acceptors (Lipinski definition) is 4. The molecular weight excluding hydrogens is 420 g/mol. The molecule has 1 aromatic carbocycles. The molecule has 1 saturated carbocycles. The number of carbonyl (C=O) groups excluding carboxylic acids is 1. The van der Waals surface area contributed by atoms with Crippen LogP contribution >= 0.6 is 27.5 Å². The normalized spacial score (nSPS) is 20.5. The van der Waals surface area contributed by atoms with E-state index in [9.17, 15) is 4.79 Å². The van der Waals surface area contributed by atoms with Crippen molar-refractivity contribution in [3.05, 3.63) is 27.7 Å². The molecule has 7 heteroatoms. The lowest BCUT2D eigenvalue weighted by Crippen LogP contribution is -2.60. The van der Waals surface area contributed by atoms with Gasteiger partial charge in [0.2, 0.25) is 0 Å². The van der Waals surface area contributed by atoms with Crippen LogP contribution in [-0.2, 0) is 9.53 Å². The van der Waals surface area contributed by atoms with Gasteiger partial charge in [0.1, 0.15) is 5.75 Å². The third-order valence-corrected chi connectivity index (χ3v) is 6.12. The first kappa shape index (κ1) is 19.9. The van der Waals surface area contributed by atoms with Crippen LogP contribution in [0.5, 0.6) is 5.75 Å². The molecule has 1 aromatic rings. The zero-order chi connectivity index (χ0) is 18.4. The molecule has 0 unspecified atom stereocenters. The zero-order valence-electron chi connectivity index (χ0n) is 14.9. The molecule has 2 aliphatic rings. The monoisotopic (exact) mass is 444 g/mol. The summed E-state index contributed by atoms with van der Waals surface area (Å²) in [7, 11) is 0. The third kappa shape index (κ3) is 5.12. The van der Waals surface area contributed by atoms with Gasteiger partial charge in [0.25, 0.3) is 5.91 Å². The minimum atomic E-state index is -0.109. The van der Waals surface area contributed by atoms with Crippen molar-refractivity contribution in [2.45, 2.75) is 37.6 Å². The van der Waals surface area contributed by atoms with E-state index in [1.807, 2.05) is 6.07 Å². The summed E-state index contributed by atoms with van der Waals surface area (Å²) in [6.07, 6.45) is 5.99. The molecule has 0 atom stereocenters. The number of carbonyl (C=O) groups is 1. The number of morpholine rings is 1. The van der Waals surface area contributed by atoms with Gasteiger partial charge in [-0.05, 0) is 31.0 Å². The minimum Gasteiger partial charge on any atom is -0.482 e. The first-order valence-corrected chi connectivity index (χ1v) is 10.4. The molecule has 144 valence electrons. The molecule has 1 amide bonds. The fourth-order valence-electron chi connectivity index (χ4n) is 3.90. The van der Waals surface area contributed by atoms with Gasteiger partial charge in [-0.3, -0.25) is 9.69 Å². The number of benzene rings is 1. The van der Waals surface area contributed by atoms with E-state index >= 15 is 0 Å². The average molecular weight is 446 g/mol. The lowest BCUT2D eigenvalue weighted by atomic mass is 9.79. The molecule has 0 bridgehead atoms. The molecule has 2 fully saturated rings. The Bertz CT molecular complexity index is 617. The predicted octanol–water partition coefficient (Wildman–Crippen LogP) is 3.63. The Kier molecular flexibility index (Phi) is 7.20. The van der Waals surface area contributed by atoms with Crippen molar-refractivity contribution >= 4 is 33.4 Å². The third-order valence-electron chi connectivity index (χ3n) is 5.33. The average Bonchev–Trinajstić information content (AvgIpc) is 2.67. The van der Waals surface area contributed by atoms with Gasteiger partial charge < -0.3 is 14.8 Å². The van der Waals surface area contributed by atoms with Crippen LogP contribution in [0.4, 0.5) is 0 Å². The van der Waals surface area contributed by atoms with Gasteiger partial charge in [0.05, 0.1) is 18.2 Å². The molecule has 3 rings (SSSR count). The van der Waals surface area contributed by atoms with E-state index in [4.69, 9.17) is 21.1 Å². The Hall–Kier alpha value is -0.820. The van der Waals surface area contributed by atoms with Crippen LogP contribution in [0.1, 0.15) is 32.1 Å². The standard InChI is InChI=1S/C19H26BrClN2O3/c20-15-4-5-17(16(21)12-15)26-13-18(24)22-14-19(6-2-1-3-7-19)23-8-10-25-11-9-23/h4-5,12H,1-3,6-11,13-14H2,(H,22,24). The van der Waals surface area contributed by atoms with Crippen LogP contribution in [0, 0.1) is 0 Å². The smallest absolute Gasteiger partial charge is 0.258 e. The van der Waals surface area contributed by atoms with Crippen molar-refractivity contribution in [1.29, 1.82) is 0 Å². The summed E-state index contributed by atoms with van der Waals surface area (Å²) in [4.78, 5) is 14.8. The summed E-state index contributed by atoms with van der Waals surface area (Å²) < 4.78 is 12.0. The summed E-state index contributed by atoms with van der Waals surface area (Å²) >= 11 is 9.49. The van der Waals surface area contributed by atoms with Crippen molar-refractivity contribution in [1.82, 2.24) is 10.2 Å². The van der Waals surface area contributed by atoms with Crippen molar-refractivity contribution < 1.29 is 14.3 Å². The lowest BCUT2D eigenvalue weighted by Gasteiger charge is -2.48. The number of nitrogens with zero attached hydrogens (tertiary/aromatic N) is 1. The van der Waals surface area contributed by atoms with Crippen molar-refractivity contribution in [3.8, 4) is 5.75 Å². The molecule has 1 aliphatic carbocycles. The highest BCUT2D eigenvalue weighted by atomic mass is 79.9. The molecule has 1 aliphatic heterocycles. The highest BCUT2D eigenvalue weighted by molar-refractivity contribution is 9.10. The van der Waals surface area contributed by atoms with E-state index < -0.39 is 0 Å². The van der Waals surface area contributed by atoms with Crippen molar-refractivity contribution in [2.75, 3.05) is 39.5 Å². The number of ether oxygens (including phenoxy) is 2. The van der Waals surface area contributed by atoms with Gasteiger partial charge in [-0.25, -0.2) is 0 Å². The Labute approximate surface area is 168 Å². The summed E-state index contributed by atoms with van der Waals surface area (Å²) in [5.74, 6) is 0.410. The van der Waals surface area contributed by atoms with Gasteiger partial charge in [0.15, 0.2) is 6.61 Å². The SMILES string of the molecule is O=C(COc1ccc(Br)cc1Cl)NCC1(N2CCOCC2)CCCCC1. The second kappa shape index (κ2) is 9.40. The molecule has 0 aromatic heterocycles. The number of rotatable bonds is 6. The Morgan fingerprint density at radius 2 is 2.00 bits per heavy atom. The molecule has 1 saturated heterocycles. The van der Waals surface area contributed by atoms with Gasteiger partial charge in [0, 0.05) is 29.6 Å². The Morgan fingerprint density at radius 1 is 1.27 bits per heavy atom. The molecule has 5 nitrogen and oxygen atoms in total. The molecule has 1 heterocycles. The maximum Gasteiger partial charge on any atom is 0.258 e. The Morgan fingerprint density at radius 3 is 2.69 bits per heavy atom. The summed E-state index contributed by atoms with van der Waals surface area (Å²) in [6.45, 7) is 4.09. The van der Waals surface area contributed by atoms with Crippen molar-refractivity contribution in [2.24, 2.45) is 0 Å². The van der Waals surface area contributed by atoms with Crippen LogP contribution in [0.3, 0.4) is 0 Å². The second-order valence-corrected chi connectivity index (χ2v) is 8.35. The van der Waals surface area contributed by atoms with E-state index in [0.29, 0.717) is 17.3 Å². The van der Waals surface area contributed by atoms with E-state index in [-0.39, 0.29) is 18.1 Å². The minimum absolute atomic E-state index is 0.0272. The van der Waals surface area contributed by atoms with E-state index in [1.165, 1.54) is 19.3 Å². The van der Waals surface area contributed by atoms with Gasteiger partial charge in [-0.15, -0.1) is 0 Å². The van der Waals surface area contributed by atoms with Crippen LogP contribution in [0.2, 0.25) is 5.02 Å². The maximum atomic E-state index is 12.3. The number of halogens is 2. The first-order chi connectivity index (χ1) is 12.6. The molecule has 0 radical (unpaired) electrons. The van der Waals surface area contributed by atoms with Crippen molar-refractivity contribution in [3.63, 3.8) is 0 Å². The van der Waals surface area contributed by atoms with Crippen LogP contribution in [-0.4, -0.2) is 55.8 Å². The molecule has 1 N–H and O–H groups in total. The second-order valence-electron chi connectivity index (χ2n) is 7.02. The fourth-order valence-corrected chi connectivity index (χ4v) is 4.63. The zero-order valence-corrected chi connectivity index (χ0v) is 17.3. The largest absolute Gasteiger partial charge is 0.482 e. The van der Waals surface area contributed by atoms with Crippen LogP contribution in [0.15, 0.2) is 22.7 Å². The van der Waals surface area contributed by atoms with Gasteiger partial charge in [-0.2, -0.15) is 0 Å². The summed E-state index contributed by atoms with van der Waals surface area (Å²) in [5.41, 5.74) is 0.0624. The summed E-state index contributed by atoms with van der Waals surface area (Å²) in [6, 6.07) is 5.36. The van der Waals surface area contributed by atoms with Gasteiger partial charge in [-0.1, -0.05) is 46.8 Å². The highest BCUT2D eigenvalue weighted by Crippen LogP contribution is 2.34. The molecule has 0 spiro atoms. The number of amides is 1. The fraction of sp³-hybridized carbons (Fsp3) is 0.632. The number of hydrogen-bond donors (Lipinski definition) is 1. The number of nitrogens with one attached hydrogen (secondary N) is 1. The maximum absolute atomic E-state index is 12.3. The predicted molar refractivity (Wildman–Crippen MR) is 106 cm³/mol. The quantitative estimate of drug-likeness (QED) is 0.726. The first-order valence-electron chi connectivity index (χ1n) is 9.26. The van der Waals surface area contributed by atoms with Gasteiger partial charge >= 0.3 is 0 Å².